The van der Waals surface area contributed by atoms with Gasteiger partial charge in [-0.25, -0.2) is 0 Å². The highest BCUT2D eigenvalue weighted by Gasteiger charge is 2.15. The van der Waals surface area contributed by atoms with Crippen molar-refractivity contribution in [3.63, 3.8) is 0 Å². The molecule has 0 saturated carbocycles. The lowest BCUT2D eigenvalue weighted by Crippen LogP contribution is -1.95. The molecular formula is C46H33N7O2. The second-order valence-electron chi connectivity index (χ2n) is 12.5. The van der Waals surface area contributed by atoms with Crippen LogP contribution < -0.4 is 11.5 Å². The van der Waals surface area contributed by atoms with Gasteiger partial charge in [-0.2, -0.15) is 5.26 Å². The number of fused-ring (bicyclic) bond motifs is 3. The molecule has 0 unspecified atom stereocenters. The van der Waals surface area contributed by atoms with Crippen molar-refractivity contribution in [2.45, 2.75) is 0 Å². The molecule has 3 heterocycles. The number of nitriles is 1. The van der Waals surface area contributed by atoms with E-state index in [1.54, 1.807) is 37.1 Å². The summed E-state index contributed by atoms with van der Waals surface area (Å²) in [5, 5.41) is 25.6. The van der Waals surface area contributed by atoms with Gasteiger partial charge in [0.15, 0.2) is 0 Å². The molecule has 6 aromatic carbocycles. The van der Waals surface area contributed by atoms with Crippen molar-refractivity contribution in [1.29, 1.82) is 5.26 Å². The van der Waals surface area contributed by atoms with Crippen molar-refractivity contribution < 1.29 is 4.92 Å². The zero-order valence-electron chi connectivity index (χ0n) is 29.5. The zero-order chi connectivity index (χ0) is 38.1. The number of hydrogen-bond donors (Lipinski definition) is 2. The Balaban J connectivity index is 0.000000127. The molecule has 0 aliphatic rings. The molecule has 264 valence electrons. The molecule has 0 atom stereocenters. The van der Waals surface area contributed by atoms with Crippen LogP contribution in [-0.4, -0.2) is 19.9 Å². The molecule has 0 fully saturated rings. The van der Waals surface area contributed by atoms with Gasteiger partial charge in [-0.3, -0.25) is 25.1 Å². The van der Waals surface area contributed by atoms with E-state index in [-0.39, 0.29) is 10.6 Å². The third-order valence-electron chi connectivity index (χ3n) is 9.20. The standard InChI is InChI=1S/C16H11N3.C15H10N2O2.C15H12N2/c17-9-12-8-14(11-4-2-1-3-5-11)13-6-7-19-10-15(13)16(12)18;18-17(19)15-7-6-12(11-4-2-1-3-5-11)13-8-9-16-10-14(13)15;16-15-7-6-12(11-4-2-1-3-5-11)13-8-9-17-10-14(13)15/h1-8,10H,18H2;1-10H;1-10H,16H2. The topological polar surface area (TPSA) is 158 Å². The van der Waals surface area contributed by atoms with Crippen molar-refractivity contribution in [3.8, 4) is 39.4 Å². The highest BCUT2D eigenvalue weighted by Crippen LogP contribution is 2.35. The van der Waals surface area contributed by atoms with E-state index in [4.69, 9.17) is 11.5 Å². The predicted molar refractivity (Wildman–Crippen MR) is 222 cm³/mol. The molecule has 4 N–H and O–H groups in total. The molecule has 9 rings (SSSR count). The van der Waals surface area contributed by atoms with E-state index in [1.807, 2.05) is 115 Å². The van der Waals surface area contributed by atoms with Gasteiger partial charge in [0.25, 0.3) is 5.69 Å². The van der Waals surface area contributed by atoms with Gasteiger partial charge in [-0.05, 0) is 85.9 Å². The summed E-state index contributed by atoms with van der Waals surface area (Å²) in [5.74, 6) is 0. The summed E-state index contributed by atoms with van der Waals surface area (Å²) in [4.78, 5) is 22.9. The maximum atomic E-state index is 11.0. The molecular weight excluding hydrogens is 683 g/mol. The fourth-order valence-electron chi connectivity index (χ4n) is 6.52. The number of nitrogens with zero attached hydrogens (tertiary/aromatic N) is 5. The van der Waals surface area contributed by atoms with Gasteiger partial charge in [-0.1, -0.05) is 97.1 Å². The first-order valence-electron chi connectivity index (χ1n) is 17.3. The zero-order valence-corrected chi connectivity index (χ0v) is 29.5. The Morgan fingerprint density at radius 1 is 0.509 bits per heavy atom. The molecule has 0 spiro atoms. The van der Waals surface area contributed by atoms with Crippen LogP contribution in [0.25, 0.3) is 65.7 Å². The van der Waals surface area contributed by atoms with Gasteiger partial charge in [0.2, 0.25) is 0 Å². The molecule has 0 saturated heterocycles. The Labute approximate surface area is 317 Å². The number of nitro benzene ring substituents is 1. The third-order valence-corrected chi connectivity index (χ3v) is 9.20. The Hall–Kier alpha value is -7.96. The van der Waals surface area contributed by atoms with Crippen molar-refractivity contribution in [2.75, 3.05) is 11.5 Å². The second kappa shape index (κ2) is 16.2. The highest BCUT2D eigenvalue weighted by atomic mass is 16.6. The van der Waals surface area contributed by atoms with E-state index < -0.39 is 0 Å². The number of non-ortho nitro benzene ring substituents is 1. The number of pyridine rings is 3. The van der Waals surface area contributed by atoms with Gasteiger partial charge in [-0.15, -0.1) is 0 Å². The van der Waals surface area contributed by atoms with Crippen LogP contribution in [0.3, 0.4) is 0 Å². The van der Waals surface area contributed by atoms with Crippen LogP contribution in [0.4, 0.5) is 17.1 Å². The number of nitrogen functional groups attached to an aromatic ring is 2. The largest absolute Gasteiger partial charge is 0.398 e. The van der Waals surface area contributed by atoms with Gasteiger partial charge in [0.1, 0.15) is 6.07 Å². The first-order valence-corrected chi connectivity index (χ1v) is 17.3. The van der Waals surface area contributed by atoms with Crippen LogP contribution >= 0.6 is 0 Å². The minimum absolute atomic E-state index is 0.0859. The highest BCUT2D eigenvalue weighted by molar-refractivity contribution is 6.05. The van der Waals surface area contributed by atoms with Gasteiger partial charge < -0.3 is 11.5 Å². The van der Waals surface area contributed by atoms with Crippen molar-refractivity contribution in [1.82, 2.24) is 15.0 Å². The Morgan fingerprint density at radius 3 is 1.45 bits per heavy atom. The maximum absolute atomic E-state index is 11.0. The molecule has 0 aliphatic carbocycles. The fourth-order valence-corrected chi connectivity index (χ4v) is 6.52. The van der Waals surface area contributed by atoms with Crippen molar-refractivity contribution in [3.05, 3.63) is 192 Å². The fraction of sp³-hybridized carbons (Fsp3) is 0. The maximum Gasteiger partial charge on any atom is 0.278 e. The minimum Gasteiger partial charge on any atom is -0.398 e. The molecule has 0 aliphatic heterocycles. The quantitative estimate of drug-likeness (QED) is 0.103. The normalized spacial score (nSPS) is 10.5. The van der Waals surface area contributed by atoms with Crippen molar-refractivity contribution >= 4 is 49.4 Å². The molecule has 9 nitrogen and oxygen atoms in total. The Kier molecular flexibility index (Phi) is 10.4. The number of anilines is 2. The van der Waals surface area contributed by atoms with Crippen LogP contribution in [0, 0.1) is 21.4 Å². The average molecular weight is 716 g/mol. The summed E-state index contributed by atoms with van der Waals surface area (Å²) in [6, 6.07) is 47.1. The number of nitrogens with two attached hydrogens (primary N) is 2. The van der Waals surface area contributed by atoms with E-state index in [2.05, 4.69) is 39.2 Å². The average Bonchev–Trinajstić information content (AvgIpc) is 3.25. The van der Waals surface area contributed by atoms with E-state index in [0.717, 1.165) is 54.9 Å². The van der Waals surface area contributed by atoms with E-state index >= 15 is 0 Å². The van der Waals surface area contributed by atoms with Crippen molar-refractivity contribution in [2.24, 2.45) is 0 Å². The SMILES string of the molecule is N#Cc1cc(-c2ccccc2)c2ccncc2c1N.Nc1ccc(-c2ccccc2)c2ccncc12.O=[N+]([O-])c1ccc(-c2ccccc2)c2ccncc12. The molecule has 0 radical (unpaired) electrons. The summed E-state index contributed by atoms with van der Waals surface area (Å²) in [6.45, 7) is 0. The summed E-state index contributed by atoms with van der Waals surface area (Å²) in [6.07, 6.45) is 10.3. The molecule has 9 aromatic rings. The Bertz CT molecular complexity index is 2820. The van der Waals surface area contributed by atoms with Gasteiger partial charge in [0.05, 0.1) is 21.6 Å². The van der Waals surface area contributed by atoms with Gasteiger partial charge >= 0.3 is 0 Å². The molecule has 9 heteroatoms. The van der Waals surface area contributed by atoms with Crippen LogP contribution in [0.1, 0.15) is 5.56 Å². The van der Waals surface area contributed by atoms with Crippen LogP contribution in [0.2, 0.25) is 0 Å². The summed E-state index contributed by atoms with van der Waals surface area (Å²) in [7, 11) is 0. The van der Waals surface area contributed by atoms with E-state index in [9.17, 15) is 15.4 Å². The molecule has 0 bridgehead atoms. The molecule has 0 amide bonds. The van der Waals surface area contributed by atoms with Crippen LogP contribution in [0.15, 0.2) is 177 Å². The van der Waals surface area contributed by atoms with E-state index in [0.29, 0.717) is 16.6 Å². The lowest BCUT2D eigenvalue weighted by atomic mass is 9.95. The summed E-state index contributed by atoms with van der Waals surface area (Å²) < 4.78 is 0. The predicted octanol–water partition coefficient (Wildman–Crippen LogP) is 10.6. The molecule has 55 heavy (non-hydrogen) atoms. The Morgan fingerprint density at radius 2 is 0.945 bits per heavy atom. The first-order chi connectivity index (χ1) is 26.9. The lowest BCUT2D eigenvalue weighted by molar-refractivity contribution is -0.383. The first kappa shape index (κ1) is 35.4. The summed E-state index contributed by atoms with van der Waals surface area (Å²) in [5.41, 5.74) is 20.3. The van der Waals surface area contributed by atoms with Crippen LogP contribution in [-0.2, 0) is 0 Å². The third kappa shape index (κ3) is 7.51. The number of nitro groups is 1. The number of rotatable bonds is 4. The summed E-state index contributed by atoms with van der Waals surface area (Å²) >= 11 is 0. The smallest absolute Gasteiger partial charge is 0.278 e. The monoisotopic (exact) mass is 715 g/mol. The number of hydrogen-bond acceptors (Lipinski definition) is 8. The van der Waals surface area contributed by atoms with Crippen LogP contribution in [0.5, 0.6) is 0 Å². The lowest BCUT2D eigenvalue weighted by Gasteiger charge is -2.10. The number of benzene rings is 6. The number of aromatic nitrogens is 3. The van der Waals surface area contributed by atoms with E-state index in [1.165, 1.54) is 17.2 Å². The van der Waals surface area contributed by atoms with Gasteiger partial charge in [0, 0.05) is 59.7 Å². The second-order valence-corrected chi connectivity index (χ2v) is 12.5. The molecule has 3 aromatic heterocycles. The minimum atomic E-state index is -0.376.